The number of fused-ring (bicyclic) bond motifs is 1. The number of benzene rings is 1. The monoisotopic (exact) mass is 285 g/mol. The van der Waals surface area contributed by atoms with Gasteiger partial charge in [0.25, 0.3) is 0 Å². The lowest BCUT2D eigenvalue weighted by Gasteiger charge is -2.08. The van der Waals surface area contributed by atoms with Gasteiger partial charge in [-0.25, -0.2) is 4.98 Å². The van der Waals surface area contributed by atoms with Crippen LogP contribution in [0.25, 0.3) is 22.6 Å². The quantitative estimate of drug-likeness (QED) is 0.798. The van der Waals surface area contributed by atoms with Crippen LogP contribution in [0.15, 0.2) is 30.3 Å². The Hall–Kier alpha value is -2.76. The minimum atomic E-state index is 0.530. The molecule has 0 amide bonds. The number of aromatic amines is 1. The van der Waals surface area contributed by atoms with Crippen LogP contribution >= 0.6 is 0 Å². The molecular formula is C15H15N3O3. The summed E-state index contributed by atoms with van der Waals surface area (Å²) in [5.74, 6) is 2.62. The summed E-state index contributed by atoms with van der Waals surface area (Å²) in [4.78, 5) is 12.0. The molecule has 0 unspecified atom stereocenters. The molecule has 6 heteroatoms. The predicted molar refractivity (Wildman–Crippen MR) is 79.0 cm³/mol. The van der Waals surface area contributed by atoms with Gasteiger partial charge in [0, 0.05) is 12.1 Å². The van der Waals surface area contributed by atoms with Crippen molar-refractivity contribution in [3.63, 3.8) is 0 Å². The van der Waals surface area contributed by atoms with E-state index in [0.29, 0.717) is 23.1 Å². The molecule has 0 radical (unpaired) electrons. The van der Waals surface area contributed by atoms with Crippen LogP contribution in [0.1, 0.15) is 0 Å². The van der Waals surface area contributed by atoms with Gasteiger partial charge in [0.1, 0.15) is 17.3 Å². The van der Waals surface area contributed by atoms with E-state index in [1.165, 1.54) is 0 Å². The highest BCUT2D eigenvalue weighted by Gasteiger charge is 2.12. The van der Waals surface area contributed by atoms with E-state index >= 15 is 0 Å². The molecule has 0 atom stereocenters. The fourth-order valence-corrected chi connectivity index (χ4v) is 2.11. The topological polar surface area (TPSA) is 69.3 Å². The van der Waals surface area contributed by atoms with Crippen molar-refractivity contribution in [3.05, 3.63) is 30.3 Å². The molecule has 0 aliphatic heterocycles. The van der Waals surface area contributed by atoms with Crippen molar-refractivity contribution in [1.82, 2.24) is 15.0 Å². The third-order valence-corrected chi connectivity index (χ3v) is 3.19. The molecule has 3 aromatic rings. The Kier molecular flexibility index (Phi) is 3.35. The summed E-state index contributed by atoms with van der Waals surface area (Å²) in [6.45, 7) is 0. The molecule has 0 fully saturated rings. The normalized spacial score (nSPS) is 10.6. The molecule has 3 rings (SSSR count). The Morgan fingerprint density at radius 3 is 2.48 bits per heavy atom. The second kappa shape index (κ2) is 5.32. The van der Waals surface area contributed by atoms with Gasteiger partial charge in [0.05, 0.1) is 32.4 Å². The van der Waals surface area contributed by atoms with Crippen molar-refractivity contribution in [1.29, 1.82) is 0 Å². The van der Waals surface area contributed by atoms with E-state index in [1.54, 1.807) is 27.4 Å². The highest BCUT2D eigenvalue weighted by atomic mass is 16.5. The van der Waals surface area contributed by atoms with Crippen LogP contribution in [0.2, 0.25) is 0 Å². The highest BCUT2D eigenvalue weighted by Crippen LogP contribution is 2.32. The van der Waals surface area contributed by atoms with Gasteiger partial charge < -0.3 is 19.2 Å². The fraction of sp³-hybridized carbons (Fsp3) is 0.200. The number of methoxy groups -OCH3 is 3. The Morgan fingerprint density at radius 1 is 0.905 bits per heavy atom. The van der Waals surface area contributed by atoms with Gasteiger partial charge in [-0.15, -0.1) is 0 Å². The van der Waals surface area contributed by atoms with E-state index in [2.05, 4.69) is 15.0 Å². The number of hydrogen-bond donors (Lipinski definition) is 1. The van der Waals surface area contributed by atoms with Crippen molar-refractivity contribution >= 4 is 11.2 Å². The van der Waals surface area contributed by atoms with E-state index in [1.807, 2.05) is 24.3 Å². The van der Waals surface area contributed by atoms with E-state index in [-0.39, 0.29) is 0 Å². The van der Waals surface area contributed by atoms with Crippen LogP contribution in [0.5, 0.6) is 17.4 Å². The van der Waals surface area contributed by atoms with Gasteiger partial charge >= 0.3 is 0 Å². The Bertz CT molecular complexity index is 783. The lowest BCUT2D eigenvalue weighted by Crippen LogP contribution is -1.91. The van der Waals surface area contributed by atoms with Gasteiger partial charge in [-0.05, 0) is 18.2 Å². The maximum Gasteiger partial charge on any atom is 0.215 e. The second-order valence-corrected chi connectivity index (χ2v) is 4.38. The lowest BCUT2D eigenvalue weighted by molar-refractivity contribution is 0.395. The van der Waals surface area contributed by atoms with Crippen LogP contribution in [0, 0.1) is 0 Å². The minimum absolute atomic E-state index is 0.530. The maximum absolute atomic E-state index is 5.40. The number of rotatable bonds is 4. The first kappa shape index (κ1) is 13.2. The van der Waals surface area contributed by atoms with Gasteiger partial charge in [0.15, 0.2) is 5.65 Å². The molecule has 6 nitrogen and oxygen atoms in total. The first-order valence-corrected chi connectivity index (χ1v) is 6.38. The van der Waals surface area contributed by atoms with E-state index < -0.39 is 0 Å². The zero-order valence-corrected chi connectivity index (χ0v) is 12.0. The summed E-state index contributed by atoms with van der Waals surface area (Å²) >= 11 is 0. The molecule has 21 heavy (non-hydrogen) atoms. The number of pyridine rings is 1. The summed E-state index contributed by atoms with van der Waals surface area (Å²) in [6, 6.07) is 9.24. The number of H-pyrrole nitrogens is 1. The summed E-state index contributed by atoms with van der Waals surface area (Å²) < 4.78 is 15.7. The molecule has 1 N–H and O–H groups in total. The molecule has 108 valence electrons. The Morgan fingerprint density at radius 2 is 1.76 bits per heavy atom. The summed E-state index contributed by atoms with van der Waals surface area (Å²) in [7, 11) is 4.81. The number of ether oxygens (including phenoxy) is 3. The summed E-state index contributed by atoms with van der Waals surface area (Å²) in [5.41, 5.74) is 2.28. The molecule has 0 aliphatic carbocycles. The number of imidazole rings is 1. The smallest absolute Gasteiger partial charge is 0.215 e. The summed E-state index contributed by atoms with van der Waals surface area (Å²) in [5, 5.41) is 0. The van der Waals surface area contributed by atoms with E-state index in [0.717, 1.165) is 16.8 Å². The lowest BCUT2D eigenvalue weighted by atomic mass is 10.2. The molecule has 0 aliphatic rings. The van der Waals surface area contributed by atoms with Crippen molar-refractivity contribution < 1.29 is 14.2 Å². The van der Waals surface area contributed by atoms with Gasteiger partial charge in [-0.2, -0.15) is 4.98 Å². The number of nitrogens with zero attached hydrogens (tertiary/aromatic N) is 2. The summed E-state index contributed by atoms with van der Waals surface area (Å²) in [6.07, 6.45) is 0. The van der Waals surface area contributed by atoms with Crippen molar-refractivity contribution in [2.45, 2.75) is 0 Å². The molecule has 2 heterocycles. The standard InChI is InChI=1S/C15H15N3O3/c1-19-9-4-5-10(12(8-9)20-2)14-16-11-6-7-13(21-3)17-15(11)18-14/h4-8H,1-3H3,(H,16,17,18). The zero-order chi connectivity index (χ0) is 14.8. The molecule has 0 saturated carbocycles. The average Bonchev–Trinajstić information content (AvgIpc) is 2.96. The zero-order valence-electron chi connectivity index (χ0n) is 12.0. The molecular weight excluding hydrogens is 270 g/mol. The largest absolute Gasteiger partial charge is 0.497 e. The van der Waals surface area contributed by atoms with Crippen LogP contribution in [-0.2, 0) is 0 Å². The van der Waals surface area contributed by atoms with Crippen molar-refractivity contribution in [2.75, 3.05) is 21.3 Å². The molecule has 2 aromatic heterocycles. The second-order valence-electron chi connectivity index (χ2n) is 4.38. The first-order valence-electron chi connectivity index (χ1n) is 6.38. The first-order chi connectivity index (χ1) is 10.2. The van der Waals surface area contributed by atoms with Crippen molar-refractivity contribution in [3.8, 4) is 28.8 Å². The number of aromatic nitrogens is 3. The van der Waals surface area contributed by atoms with Gasteiger partial charge in [-0.3, -0.25) is 0 Å². The predicted octanol–water partition coefficient (Wildman–Crippen LogP) is 2.65. The van der Waals surface area contributed by atoms with Gasteiger partial charge in [0.2, 0.25) is 5.88 Å². The molecule has 0 spiro atoms. The Labute approximate surface area is 121 Å². The average molecular weight is 285 g/mol. The molecule has 1 aromatic carbocycles. The molecule has 0 saturated heterocycles. The Balaban J connectivity index is 2.11. The van der Waals surface area contributed by atoms with Gasteiger partial charge in [-0.1, -0.05) is 0 Å². The van der Waals surface area contributed by atoms with E-state index in [9.17, 15) is 0 Å². The van der Waals surface area contributed by atoms with Crippen LogP contribution in [0.4, 0.5) is 0 Å². The van der Waals surface area contributed by atoms with E-state index in [4.69, 9.17) is 14.2 Å². The van der Waals surface area contributed by atoms with Crippen molar-refractivity contribution in [2.24, 2.45) is 0 Å². The third kappa shape index (κ3) is 2.35. The minimum Gasteiger partial charge on any atom is -0.497 e. The fourth-order valence-electron chi connectivity index (χ4n) is 2.11. The highest BCUT2D eigenvalue weighted by molar-refractivity contribution is 5.78. The van der Waals surface area contributed by atoms with Crippen LogP contribution in [0.3, 0.4) is 0 Å². The SMILES string of the molecule is COc1ccc(-c2nc3nc(OC)ccc3[nH]2)c(OC)c1. The molecule has 0 bridgehead atoms. The maximum atomic E-state index is 5.40. The van der Waals surface area contributed by atoms with Crippen LogP contribution < -0.4 is 14.2 Å². The number of nitrogens with one attached hydrogen (secondary N) is 1. The number of hydrogen-bond acceptors (Lipinski definition) is 5. The third-order valence-electron chi connectivity index (χ3n) is 3.19. The van der Waals surface area contributed by atoms with Crippen LogP contribution in [-0.4, -0.2) is 36.3 Å².